The van der Waals surface area contributed by atoms with E-state index in [1.807, 2.05) is 4.90 Å². The lowest BCUT2D eigenvalue weighted by atomic mass is 10.1. The summed E-state index contributed by atoms with van der Waals surface area (Å²) in [5, 5.41) is 14.3. The maximum absolute atomic E-state index is 14.9. The highest BCUT2D eigenvalue weighted by Crippen LogP contribution is 2.32. The largest absolute Gasteiger partial charge is 0.442 e. The second kappa shape index (κ2) is 9.63. The SMILES string of the molecule is CC(=O)NC[C@H]1CN(c2ccc(C(=O)N3CCN(c4ccc([N+](=O)[O-])s4)CC3)c(F)c2)C(=O)O1. The molecule has 0 saturated carbocycles. The fourth-order valence-electron chi connectivity index (χ4n) is 3.83. The average Bonchev–Trinajstić information content (AvgIpc) is 3.44. The maximum atomic E-state index is 14.9. The lowest BCUT2D eigenvalue weighted by Gasteiger charge is -2.35. The summed E-state index contributed by atoms with van der Waals surface area (Å²) in [4.78, 5) is 51.3. The Morgan fingerprint density at radius 1 is 1.24 bits per heavy atom. The number of nitro groups is 1. The molecule has 180 valence electrons. The molecule has 2 aliphatic rings. The minimum atomic E-state index is -0.753. The number of benzene rings is 1. The normalized spacial score (nSPS) is 18.1. The van der Waals surface area contributed by atoms with Gasteiger partial charge in [0.1, 0.15) is 11.9 Å². The molecule has 4 rings (SSSR count). The molecule has 34 heavy (non-hydrogen) atoms. The number of amides is 3. The van der Waals surface area contributed by atoms with Crippen LogP contribution in [0.3, 0.4) is 0 Å². The topological polar surface area (TPSA) is 125 Å². The molecule has 1 N–H and O–H groups in total. The molecule has 1 aromatic heterocycles. The van der Waals surface area contributed by atoms with Crippen molar-refractivity contribution in [2.24, 2.45) is 0 Å². The number of cyclic esters (lactones) is 1. The van der Waals surface area contributed by atoms with Crippen molar-refractivity contribution in [3.63, 3.8) is 0 Å². The molecule has 0 radical (unpaired) electrons. The van der Waals surface area contributed by atoms with E-state index in [0.29, 0.717) is 26.2 Å². The van der Waals surface area contributed by atoms with Crippen molar-refractivity contribution in [3.05, 3.63) is 51.8 Å². The van der Waals surface area contributed by atoms with Crippen LogP contribution in [0.4, 0.5) is 24.9 Å². The Kier molecular flexibility index (Phi) is 6.63. The number of anilines is 2. The van der Waals surface area contributed by atoms with Crippen LogP contribution in [0.2, 0.25) is 0 Å². The van der Waals surface area contributed by atoms with E-state index < -0.39 is 28.8 Å². The zero-order valence-electron chi connectivity index (χ0n) is 18.2. The van der Waals surface area contributed by atoms with Gasteiger partial charge in [-0.15, -0.1) is 0 Å². The lowest BCUT2D eigenvalue weighted by Crippen LogP contribution is -2.48. The monoisotopic (exact) mass is 491 g/mol. The van der Waals surface area contributed by atoms with E-state index in [9.17, 15) is 28.9 Å². The zero-order valence-corrected chi connectivity index (χ0v) is 19.0. The average molecular weight is 492 g/mol. The highest BCUT2D eigenvalue weighted by Gasteiger charge is 2.33. The molecule has 1 aromatic carbocycles. The standard InChI is InChI=1S/C21H22FN5O6S/c1-13(28)23-11-15-12-26(21(30)33-15)14-2-3-16(17(22)10-14)20(29)25-8-6-24(7-9-25)18-4-5-19(34-18)27(31)32/h2-5,10,15H,6-9,11-12H2,1H3,(H,23,28)/t15-/m0/s1. The summed E-state index contributed by atoms with van der Waals surface area (Å²) < 4.78 is 20.0. The van der Waals surface area contributed by atoms with Crippen LogP contribution >= 0.6 is 11.3 Å². The molecule has 2 aromatic rings. The van der Waals surface area contributed by atoms with Gasteiger partial charge in [0.15, 0.2) is 0 Å². The van der Waals surface area contributed by atoms with Gasteiger partial charge in [-0.3, -0.25) is 24.6 Å². The lowest BCUT2D eigenvalue weighted by molar-refractivity contribution is -0.380. The van der Waals surface area contributed by atoms with Crippen molar-refractivity contribution in [3.8, 4) is 0 Å². The van der Waals surface area contributed by atoms with Crippen LogP contribution < -0.4 is 15.1 Å². The first-order chi connectivity index (χ1) is 16.2. The Morgan fingerprint density at radius 3 is 2.59 bits per heavy atom. The van der Waals surface area contributed by atoms with Crippen molar-refractivity contribution in [1.29, 1.82) is 0 Å². The molecule has 1 atom stereocenters. The highest BCUT2D eigenvalue weighted by atomic mass is 32.1. The summed E-state index contributed by atoms with van der Waals surface area (Å²) in [5.74, 6) is -1.47. The molecule has 13 heteroatoms. The number of hydrogen-bond acceptors (Lipinski definition) is 8. The van der Waals surface area contributed by atoms with E-state index in [0.717, 1.165) is 22.4 Å². The summed E-state index contributed by atoms with van der Waals surface area (Å²) in [6.45, 7) is 3.28. The molecular formula is C21H22FN5O6S. The molecule has 0 aliphatic carbocycles. The molecule has 0 spiro atoms. The smallest absolute Gasteiger partial charge is 0.414 e. The van der Waals surface area contributed by atoms with Crippen molar-refractivity contribution < 1.29 is 28.4 Å². The van der Waals surface area contributed by atoms with Gasteiger partial charge in [-0.25, -0.2) is 9.18 Å². The molecule has 2 saturated heterocycles. The number of hydrogen-bond donors (Lipinski definition) is 1. The number of nitrogens with zero attached hydrogens (tertiary/aromatic N) is 4. The number of halogens is 1. The third kappa shape index (κ3) is 4.93. The summed E-state index contributed by atoms with van der Waals surface area (Å²) in [7, 11) is 0. The van der Waals surface area contributed by atoms with Gasteiger partial charge < -0.3 is 19.9 Å². The van der Waals surface area contributed by atoms with Gasteiger partial charge in [-0.05, 0) is 35.6 Å². The molecule has 0 unspecified atom stereocenters. The van der Waals surface area contributed by atoms with E-state index in [1.165, 1.54) is 34.9 Å². The van der Waals surface area contributed by atoms with E-state index in [-0.39, 0.29) is 35.2 Å². The number of thiophene rings is 1. The minimum Gasteiger partial charge on any atom is -0.442 e. The number of carbonyl (C=O) groups excluding carboxylic acids is 3. The van der Waals surface area contributed by atoms with Crippen LogP contribution in [0, 0.1) is 15.9 Å². The Labute approximate surface area is 197 Å². The van der Waals surface area contributed by atoms with Crippen LogP contribution in [-0.2, 0) is 9.53 Å². The van der Waals surface area contributed by atoms with Crippen molar-refractivity contribution in [2.45, 2.75) is 13.0 Å². The Bertz CT molecular complexity index is 1130. The summed E-state index contributed by atoms with van der Waals surface area (Å²) >= 11 is 1.07. The third-order valence-electron chi connectivity index (χ3n) is 5.58. The Hall–Kier alpha value is -3.74. The molecule has 3 heterocycles. The zero-order chi connectivity index (χ0) is 24.4. The number of nitrogens with one attached hydrogen (secondary N) is 1. The van der Waals surface area contributed by atoms with Crippen LogP contribution in [0.15, 0.2) is 30.3 Å². The molecular weight excluding hydrogens is 469 g/mol. The second-order valence-electron chi connectivity index (χ2n) is 7.87. The van der Waals surface area contributed by atoms with Gasteiger partial charge in [-0.1, -0.05) is 0 Å². The second-order valence-corrected chi connectivity index (χ2v) is 8.91. The van der Waals surface area contributed by atoms with Crippen LogP contribution in [-0.4, -0.2) is 73.1 Å². The predicted molar refractivity (Wildman–Crippen MR) is 122 cm³/mol. The van der Waals surface area contributed by atoms with E-state index in [2.05, 4.69) is 5.32 Å². The predicted octanol–water partition coefficient (Wildman–Crippen LogP) is 2.22. The number of rotatable bonds is 6. The van der Waals surface area contributed by atoms with E-state index >= 15 is 0 Å². The van der Waals surface area contributed by atoms with Crippen LogP contribution in [0.1, 0.15) is 17.3 Å². The molecule has 2 fully saturated rings. The summed E-state index contributed by atoms with van der Waals surface area (Å²) in [5.41, 5.74) is 0.153. The molecule has 0 bridgehead atoms. The fourth-order valence-corrected chi connectivity index (χ4v) is 4.70. The Balaban J connectivity index is 1.37. The summed E-state index contributed by atoms with van der Waals surface area (Å²) in [6.07, 6.45) is -1.21. The molecule has 11 nitrogen and oxygen atoms in total. The minimum absolute atomic E-state index is 0.0546. The third-order valence-corrected chi connectivity index (χ3v) is 6.68. The first-order valence-corrected chi connectivity index (χ1v) is 11.3. The number of carbonyl (C=O) groups is 3. The van der Waals surface area contributed by atoms with Gasteiger partial charge in [0, 0.05) is 39.2 Å². The first-order valence-electron chi connectivity index (χ1n) is 10.5. The van der Waals surface area contributed by atoms with Gasteiger partial charge in [0.05, 0.1) is 34.3 Å². The highest BCUT2D eigenvalue weighted by molar-refractivity contribution is 7.19. The van der Waals surface area contributed by atoms with E-state index in [4.69, 9.17) is 4.74 Å². The van der Waals surface area contributed by atoms with Gasteiger partial charge in [0.2, 0.25) is 5.91 Å². The van der Waals surface area contributed by atoms with Crippen LogP contribution in [0.25, 0.3) is 0 Å². The number of ether oxygens (including phenoxy) is 1. The first kappa shape index (κ1) is 23.4. The van der Waals surface area contributed by atoms with E-state index in [1.54, 1.807) is 6.07 Å². The Morgan fingerprint density at radius 2 is 1.97 bits per heavy atom. The van der Waals surface area contributed by atoms with Gasteiger partial charge >= 0.3 is 11.1 Å². The maximum Gasteiger partial charge on any atom is 0.414 e. The number of piperazine rings is 1. The van der Waals surface area contributed by atoms with Crippen molar-refractivity contribution in [2.75, 3.05) is 49.1 Å². The fraction of sp³-hybridized carbons (Fsp3) is 0.381. The summed E-state index contributed by atoms with van der Waals surface area (Å²) in [6, 6.07) is 7.08. The van der Waals surface area contributed by atoms with Gasteiger partial charge in [0.25, 0.3) is 5.91 Å². The van der Waals surface area contributed by atoms with Crippen molar-refractivity contribution in [1.82, 2.24) is 10.2 Å². The molecule has 3 amide bonds. The quantitative estimate of drug-likeness (QED) is 0.485. The molecule has 2 aliphatic heterocycles. The van der Waals surface area contributed by atoms with Gasteiger partial charge in [-0.2, -0.15) is 0 Å². The van der Waals surface area contributed by atoms with Crippen molar-refractivity contribution >= 4 is 44.9 Å². The van der Waals surface area contributed by atoms with Crippen LogP contribution in [0.5, 0.6) is 0 Å².